The van der Waals surface area contributed by atoms with E-state index in [0.717, 1.165) is 37.3 Å². The van der Waals surface area contributed by atoms with E-state index in [1.54, 1.807) is 0 Å². The molecule has 0 aliphatic heterocycles. The first-order valence-electron chi connectivity index (χ1n) is 9.62. The lowest BCUT2D eigenvalue weighted by molar-refractivity contribution is -0.0155. The normalized spacial score (nSPS) is 33.5. The minimum atomic E-state index is 0.107. The van der Waals surface area contributed by atoms with Crippen molar-refractivity contribution in [2.24, 2.45) is 17.8 Å². The van der Waals surface area contributed by atoms with Gasteiger partial charge >= 0.3 is 6.03 Å². The monoisotopic (exact) mass is 327 g/mol. The number of urea groups is 1. The van der Waals surface area contributed by atoms with Crippen molar-refractivity contribution in [3.05, 3.63) is 30.1 Å². The highest BCUT2D eigenvalue weighted by molar-refractivity contribution is 5.75. The number of aromatic nitrogens is 1. The van der Waals surface area contributed by atoms with E-state index in [4.69, 9.17) is 0 Å². The summed E-state index contributed by atoms with van der Waals surface area (Å²) in [6.07, 6.45) is 12.4. The van der Waals surface area contributed by atoms with Crippen LogP contribution in [0.2, 0.25) is 0 Å². The predicted molar refractivity (Wildman–Crippen MR) is 94.6 cm³/mol. The molecular formula is C20H29N3O. The molecule has 2 amide bonds. The van der Waals surface area contributed by atoms with Crippen molar-refractivity contribution < 1.29 is 4.79 Å². The van der Waals surface area contributed by atoms with Crippen LogP contribution in [0.1, 0.15) is 51.0 Å². The van der Waals surface area contributed by atoms with Crippen LogP contribution in [0, 0.1) is 17.8 Å². The molecule has 5 rings (SSSR count). The van der Waals surface area contributed by atoms with E-state index in [9.17, 15) is 4.79 Å². The van der Waals surface area contributed by atoms with Crippen molar-refractivity contribution in [2.75, 3.05) is 13.1 Å². The Balaban J connectivity index is 1.37. The van der Waals surface area contributed by atoms with Gasteiger partial charge in [0.05, 0.1) is 0 Å². The Morgan fingerprint density at radius 1 is 1.17 bits per heavy atom. The Morgan fingerprint density at radius 2 is 1.75 bits per heavy atom. The number of carbonyl (C=O) groups excluding carboxylic acids is 1. The first-order chi connectivity index (χ1) is 11.7. The molecule has 4 bridgehead atoms. The fraction of sp³-hybridized carbons (Fsp3) is 0.700. The zero-order valence-electron chi connectivity index (χ0n) is 14.7. The molecule has 0 aromatic carbocycles. The number of likely N-dealkylation sites (N-methyl/N-ethyl adjacent to an activating group) is 1. The fourth-order valence-corrected chi connectivity index (χ4v) is 5.79. The van der Waals surface area contributed by atoms with Gasteiger partial charge in [-0.15, -0.1) is 0 Å². The van der Waals surface area contributed by atoms with E-state index in [1.165, 1.54) is 44.1 Å². The smallest absolute Gasteiger partial charge is 0.317 e. The number of pyridine rings is 1. The fourth-order valence-electron chi connectivity index (χ4n) is 5.79. The largest absolute Gasteiger partial charge is 0.333 e. The van der Waals surface area contributed by atoms with E-state index in [0.29, 0.717) is 0 Å². The van der Waals surface area contributed by atoms with Crippen molar-refractivity contribution in [2.45, 2.75) is 57.4 Å². The number of nitrogens with one attached hydrogen (secondary N) is 1. The molecule has 1 aromatic heterocycles. The Labute approximate surface area is 145 Å². The molecule has 1 aromatic rings. The van der Waals surface area contributed by atoms with Gasteiger partial charge in [0.15, 0.2) is 0 Å². The maximum atomic E-state index is 12.9. The van der Waals surface area contributed by atoms with Gasteiger partial charge < -0.3 is 10.2 Å². The standard InChI is InChI=1S/C20H29N3O/c1-2-23(8-5-15-3-6-21-7-4-15)19(24)22-20-12-16-9-17(13-20)11-18(10-16)14-20/h3-4,6-7,16-18H,2,5,8-14H2,1H3,(H,22,24). The van der Waals surface area contributed by atoms with Gasteiger partial charge in [0.1, 0.15) is 0 Å². The summed E-state index contributed by atoms with van der Waals surface area (Å²) < 4.78 is 0. The Bertz CT molecular complexity index is 551. The van der Waals surface area contributed by atoms with Crippen molar-refractivity contribution in [1.82, 2.24) is 15.2 Å². The van der Waals surface area contributed by atoms with Crippen LogP contribution >= 0.6 is 0 Å². The van der Waals surface area contributed by atoms with Crippen molar-refractivity contribution >= 4 is 6.03 Å². The molecule has 130 valence electrons. The van der Waals surface area contributed by atoms with E-state index in [1.807, 2.05) is 29.4 Å². The Morgan fingerprint density at radius 3 is 2.29 bits per heavy atom. The maximum absolute atomic E-state index is 12.9. The second-order valence-electron chi connectivity index (χ2n) is 8.31. The van der Waals surface area contributed by atoms with Crippen LogP contribution in [0.5, 0.6) is 0 Å². The molecular weight excluding hydrogens is 298 g/mol. The van der Waals surface area contributed by atoms with Gasteiger partial charge in [-0.1, -0.05) is 0 Å². The zero-order chi connectivity index (χ0) is 16.6. The lowest BCUT2D eigenvalue weighted by Gasteiger charge is -2.57. The highest BCUT2D eigenvalue weighted by Gasteiger charge is 2.51. The molecule has 1 N–H and O–H groups in total. The summed E-state index contributed by atoms with van der Waals surface area (Å²) in [5, 5.41) is 3.49. The summed E-state index contributed by atoms with van der Waals surface area (Å²) >= 11 is 0. The van der Waals surface area contributed by atoms with Gasteiger partial charge in [0, 0.05) is 31.0 Å². The average Bonchev–Trinajstić information content (AvgIpc) is 2.54. The number of amides is 2. The number of hydrogen-bond donors (Lipinski definition) is 1. The van der Waals surface area contributed by atoms with E-state index >= 15 is 0 Å². The Kier molecular flexibility index (Phi) is 4.23. The molecule has 4 heteroatoms. The van der Waals surface area contributed by atoms with Crippen LogP contribution in [0.15, 0.2) is 24.5 Å². The van der Waals surface area contributed by atoms with Crippen LogP contribution in [0.4, 0.5) is 4.79 Å². The molecule has 4 saturated carbocycles. The minimum Gasteiger partial charge on any atom is -0.333 e. The molecule has 0 unspecified atom stereocenters. The maximum Gasteiger partial charge on any atom is 0.317 e. The topological polar surface area (TPSA) is 45.2 Å². The molecule has 0 saturated heterocycles. The van der Waals surface area contributed by atoms with Gasteiger partial charge in [0.2, 0.25) is 0 Å². The Hall–Kier alpha value is -1.58. The average molecular weight is 327 g/mol. The van der Waals surface area contributed by atoms with Crippen LogP contribution in [-0.2, 0) is 6.42 Å². The van der Waals surface area contributed by atoms with Crippen molar-refractivity contribution in [1.29, 1.82) is 0 Å². The molecule has 4 aliphatic rings. The zero-order valence-corrected chi connectivity index (χ0v) is 14.7. The molecule has 1 heterocycles. The summed E-state index contributed by atoms with van der Waals surface area (Å²) in [6, 6.07) is 4.21. The third-order valence-corrected chi connectivity index (χ3v) is 6.50. The van der Waals surface area contributed by atoms with Crippen LogP contribution in [0.25, 0.3) is 0 Å². The van der Waals surface area contributed by atoms with Gasteiger partial charge in [0.25, 0.3) is 0 Å². The molecule has 24 heavy (non-hydrogen) atoms. The first kappa shape index (κ1) is 15.9. The van der Waals surface area contributed by atoms with Crippen molar-refractivity contribution in [3.8, 4) is 0 Å². The summed E-state index contributed by atoms with van der Waals surface area (Å²) in [5.41, 5.74) is 1.35. The highest BCUT2D eigenvalue weighted by atomic mass is 16.2. The van der Waals surface area contributed by atoms with Crippen molar-refractivity contribution in [3.63, 3.8) is 0 Å². The van der Waals surface area contributed by atoms with Gasteiger partial charge in [-0.25, -0.2) is 4.79 Å². The number of rotatable bonds is 5. The molecule has 0 atom stereocenters. The number of nitrogens with zero attached hydrogens (tertiary/aromatic N) is 2. The first-order valence-corrected chi connectivity index (χ1v) is 9.62. The third kappa shape index (κ3) is 3.15. The SMILES string of the molecule is CCN(CCc1ccncc1)C(=O)NC12CC3CC(CC(C3)C1)C2. The second kappa shape index (κ2) is 6.38. The lowest BCUT2D eigenvalue weighted by Crippen LogP contribution is -2.62. The summed E-state index contributed by atoms with van der Waals surface area (Å²) in [5.74, 6) is 2.59. The quantitative estimate of drug-likeness (QED) is 0.897. The second-order valence-corrected chi connectivity index (χ2v) is 8.31. The van der Waals surface area contributed by atoms with Crippen LogP contribution in [-0.4, -0.2) is 34.5 Å². The van der Waals surface area contributed by atoms with Gasteiger partial charge in [-0.3, -0.25) is 4.98 Å². The summed E-state index contributed by atoms with van der Waals surface area (Å²) in [7, 11) is 0. The molecule has 4 fully saturated rings. The highest BCUT2D eigenvalue weighted by Crippen LogP contribution is 2.55. The number of carbonyl (C=O) groups is 1. The lowest BCUT2D eigenvalue weighted by atomic mass is 9.53. The third-order valence-electron chi connectivity index (χ3n) is 6.50. The van der Waals surface area contributed by atoms with Crippen LogP contribution in [0.3, 0.4) is 0 Å². The molecule has 4 nitrogen and oxygen atoms in total. The van der Waals surface area contributed by atoms with Crippen LogP contribution < -0.4 is 5.32 Å². The molecule has 0 spiro atoms. The van der Waals surface area contributed by atoms with E-state index < -0.39 is 0 Å². The minimum absolute atomic E-state index is 0.107. The molecule has 4 aliphatic carbocycles. The van der Waals surface area contributed by atoms with E-state index in [2.05, 4.69) is 17.2 Å². The predicted octanol–water partition coefficient (Wildman–Crippen LogP) is 3.62. The summed E-state index contributed by atoms with van der Waals surface area (Å²) in [6.45, 7) is 3.62. The number of hydrogen-bond acceptors (Lipinski definition) is 2. The van der Waals surface area contributed by atoms with E-state index in [-0.39, 0.29) is 11.6 Å². The van der Waals surface area contributed by atoms with Gasteiger partial charge in [-0.05, 0) is 87.3 Å². The summed E-state index contributed by atoms with van der Waals surface area (Å²) in [4.78, 5) is 18.9. The molecule has 0 radical (unpaired) electrons. The van der Waals surface area contributed by atoms with Gasteiger partial charge in [-0.2, -0.15) is 0 Å².